The predicted octanol–water partition coefficient (Wildman–Crippen LogP) is 4.40. The molecule has 2 aromatic rings. The fourth-order valence-corrected chi connectivity index (χ4v) is 4.53. The molecule has 0 spiro atoms. The maximum Gasteiger partial charge on any atom is 0.340 e. The van der Waals surface area contributed by atoms with E-state index in [1.165, 1.54) is 0 Å². The molecule has 186 valence electrons. The molecule has 0 radical (unpaired) electrons. The molecular weight excluding hydrogens is 442 g/mol. The molecule has 1 aromatic carbocycles. The molecule has 0 bridgehead atoms. The molecule has 0 aliphatic heterocycles. The number of nitrogens with zero attached hydrogens (tertiary/aromatic N) is 2. The van der Waals surface area contributed by atoms with Gasteiger partial charge < -0.3 is 19.5 Å². The first-order valence-corrected chi connectivity index (χ1v) is 12.6. The van der Waals surface area contributed by atoms with Gasteiger partial charge in [-0.05, 0) is 77.2 Å². The number of esters is 1. The zero-order valence-corrected chi connectivity index (χ0v) is 21.1. The predicted molar refractivity (Wildman–Crippen MR) is 135 cm³/mol. The SMILES string of the molecule is CCOC(=O)c1c(/C=C/C(=O)N(Cc2ccc(C(=O)NC3CC3)cc2)C2CC2)c(C)n(CC)c1C. The van der Waals surface area contributed by atoms with Gasteiger partial charge in [-0.15, -0.1) is 0 Å². The van der Waals surface area contributed by atoms with E-state index in [0.29, 0.717) is 30.3 Å². The fraction of sp³-hybridized carbons (Fsp3) is 0.464. The molecule has 2 aliphatic carbocycles. The summed E-state index contributed by atoms with van der Waals surface area (Å²) >= 11 is 0. The van der Waals surface area contributed by atoms with Gasteiger partial charge in [0.25, 0.3) is 5.91 Å². The van der Waals surface area contributed by atoms with Crippen LogP contribution in [-0.2, 0) is 22.6 Å². The monoisotopic (exact) mass is 477 g/mol. The van der Waals surface area contributed by atoms with Crippen molar-refractivity contribution < 1.29 is 19.1 Å². The van der Waals surface area contributed by atoms with E-state index < -0.39 is 0 Å². The van der Waals surface area contributed by atoms with Crippen LogP contribution in [-0.4, -0.2) is 45.9 Å². The van der Waals surface area contributed by atoms with E-state index in [9.17, 15) is 14.4 Å². The number of amides is 2. The number of carbonyl (C=O) groups excluding carboxylic acids is 3. The van der Waals surface area contributed by atoms with E-state index in [1.54, 1.807) is 19.1 Å². The molecule has 4 rings (SSSR count). The maximum absolute atomic E-state index is 13.2. The van der Waals surface area contributed by atoms with Crippen molar-refractivity contribution in [2.45, 2.75) is 78.6 Å². The highest BCUT2D eigenvalue weighted by atomic mass is 16.5. The van der Waals surface area contributed by atoms with Crippen LogP contribution in [0.15, 0.2) is 30.3 Å². The molecule has 1 aromatic heterocycles. The van der Waals surface area contributed by atoms with Crippen LogP contribution in [0.5, 0.6) is 0 Å². The van der Waals surface area contributed by atoms with Gasteiger partial charge in [0.15, 0.2) is 0 Å². The Balaban J connectivity index is 1.50. The highest BCUT2D eigenvalue weighted by Gasteiger charge is 2.32. The van der Waals surface area contributed by atoms with Crippen molar-refractivity contribution in [1.82, 2.24) is 14.8 Å². The zero-order valence-electron chi connectivity index (χ0n) is 21.1. The van der Waals surface area contributed by atoms with Crippen LogP contribution in [0.1, 0.15) is 82.8 Å². The third-order valence-electron chi connectivity index (χ3n) is 6.77. The average molecular weight is 478 g/mol. The van der Waals surface area contributed by atoms with Gasteiger partial charge in [-0.1, -0.05) is 12.1 Å². The minimum absolute atomic E-state index is 0.0424. The summed E-state index contributed by atoms with van der Waals surface area (Å²) in [5.74, 6) is -0.490. The minimum Gasteiger partial charge on any atom is -0.462 e. The Morgan fingerprint density at radius 1 is 1.06 bits per heavy atom. The second kappa shape index (κ2) is 10.5. The molecule has 2 fully saturated rings. The second-order valence-electron chi connectivity index (χ2n) is 9.40. The minimum atomic E-state index is -0.364. The molecular formula is C28H35N3O4. The smallest absolute Gasteiger partial charge is 0.340 e. The van der Waals surface area contributed by atoms with Crippen molar-refractivity contribution >= 4 is 23.9 Å². The van der Waals surface area contributed by atoms with Gasteiger partial charge in [-0.2, -0.15) is 0 Å². The highest BCUT2D eigenvalue weighted by molar-refractivity contribution is 5.99. The summed E-state index contributed by atoms with van der Waals surface area (Å²) in [4.78, 5) is 40.0. The number of hydrogen-bond donors (Lipinski definition) is 1. The fourth-order valence-electron chi connectivity index (χ4n) is 4.53. The number of carbonyl (C=O) groups is 3. The Bertz CT molecular complexity index is 1140. The lowest BCUT2D eigenvalue weighted by atomic mass is 10.1. The second-order valence-corrected chi connectivity index (χ2v) is 9.40. The van der Waals surface area contributed by atoms with Crippen molar-refractivity contribution in [1.29, 1.82) is 0 Å². The Morgan fingerprint density at radius 2 is 1.74 bits per heavy atom. The lowest BCUT2D eigenvalue weighted by molar-refractivity contribution is -0.127. The van der Waals surface area contributed by atoms with Gasteiger partial charge in [-0.25, -0.2) is 4.79 Å². The lowest BCUT2D eigenvalue weighted by Gasteiger charge is -2.21. The summed E-state index contributed by atoms with van der Waals surface area (Å²) in [5, 5.41) is 3.00. The van der Waals surface area contributed by atoms with Crippen LogP contribution in [0.4, 0.5) is 0 Å². The molecule has 0 atom stereocenters. The van der Waals surface area contributed by atoms with E-state index in [-0.39, 0.29) is 23.8 Å². The Kier molecular flexibility index (Phi) is 7.43. The number of benzene rings is 1. The summed E-state index contributed by atoms with van der Waals surface area (Å²) in [6.07, 6.45) is 7.41. The molecule has 7 nitrogen and oxygen atoms in total. The van der Waals surface area contributed by atoms with E-state index in [4.69, 9.17) is 4.74 Å². The van der Waals surface area contributed by atoms with Crippen LogP contribution >= 0.6 is 0 Å². The quantitative estimate of drug-likeness (QED) is 0.406. The molecule has 35 heavy (non-hydrogen) atoms. The third-order valence-corrected chi connectivity index (χ3v) is 6.77. The van der Waals surface area contributed by atoms with E-state index in [2.05, 4.69) is 9.88 Å². The van der Waals surface area contributed by atoms with Crippen molar-refractivity contribution in [3.63, 3.8) is 0 Å². The number of ether oxygens (including phenoxy) is 1. The van der Waals surface area contributed by atoms with Crippen molar-refractivity contribution in [2.75, 3.05) is 6.61 Å². The first-order chi connectivity index (χ1) is 16.8. The molecule has 1 N–H and O–H groups in total. The van der Waals surface area contributed by atoms with Crippen LogP contribution in [0.25, 0.3) is 6.08 Å². The van der Waals surface area contributed by atoms with Gasteiger partial charge in [0.2, 0.25) is 5.91 Å². The van der Waals surface area contributed by atoms with E-state index in [0.717, 1.165) is 54.7 Å². The average Bonchev–Trinajstić information content (AvgIpc) is 3.76. The van der Waals surface area contributed by atoms with E-state index >= 15 is 0 Å². The van der Waals surface area contributed by atoms with Crippen LogP contribution in [0, 0.1) is 13.8 Å². The maximum atomic E-state index is 13.2. The van der Waals surface area contributed by atoms with Gasteiger partial charge in [-0.3, -0.25) is 9.59 Å². The van der Waals surface area contributed by atoms with Crippen molar-refractivity contribution in [3.05, 3.63) is 64.0 Å². The van der Waals surface area contributed by atoms with Crippen molar-refractivity contribution in [2.24, 2.45) is 0 Å². The summed E-state index contributed by atoms with van der Waals surface area (Å²) in [5.41, 5.74) is 4.67. The molecule has 2 saturated carbocycles. The number of hydrogen-bond acceptors (Lipinski definition) is 4. The van der Waals surface area contributed by atoms with Crippen LogP contribution in [0.2, 0.25) is 0 Å². The molecule has 0 saturated heterocycles. The molecule has 1 heterocycles. The Labute approximate surface area is 207 Å². The standard InChI is InChI=1S/C28H35N3O4/c1-5-30-18(3)24(26(19(30)4)28(34)35-6-2)15-16-25(32)31(23-13-14-23)17-20-7-9-21(10-8-20)27(33)29-22-11-12-22/h7-10,15-16,22-23H,5-6,11-14,17H2,1-4H3,(H,29,33)/b16-15+. The summed E-state index contributed by atoms with van der Waals surface area (Å²) in [6, 6.07) is 8.03. The number of nitrogens with one attached hydrogen (secondary N) is 1. The summed E-state index contributed by atoms with van der Waals surface area (Å²) in [7, 11) is 0. The molecule has 0 unspecified atom stereocenters. The lowest BCUT2D eigenvalue weighted by Crippen LogP contribution is -2.31. The van der Waals surface area contributed by atoms with Gasteiger partial charge >= 0.3 is 5.97 Å². The van der Waals surface area contributed by atoms with Crippen LogP contribution < -0.4 is 5.32 Å². The van der Waals surface area contributed by atoms with E-state index in [1.807, 2.05) is 49.9 Å². The number of rotatable bonds is 10. The number of aromatic nitrogens is 1. The summed E-state index contributed by atoms with van der Waals surface area (Å²) in [6.45, 7) is 9.20. The highest BCUT2D eigenvalue weighted by Crippen LogP contribution is 2.30. The van der Waals surface area contributed by atoms with Crippen molar-refractivity contribution in [3.8, 4) is 0 Å². The molecule has 2 aliphatic rings. The Morgan fingerprint density at radius 3 is 2.31 bits per heavy atom. The summed E-state index contributed by atoms with van der Waals surface area (Å²) < 4.78 is 7.35. The van der Waals surface area contributed by atoms with Gasteiger partial charge in [0, 0.05) is 53.8 Å². The van der Waals surface area contributed by atoms with Gasteiger partial charge in [0.05, 0.1) is 12.2 Å². The third kappa shape index (κ3) is 5.66. The topological polar surface area (TPSA) is 80.6 Å². The molecule has 7 heteroatoms. The largest absolute Gasteiger partial charge is 0.462 e. The first kappa shape index (κ1) is 24.8. The first-order valence-electron chi connectivity index (χ1n) is 12.6. The molecule has 2 amide bonds. The Hall–Kier alpha value is -3.35. The van der Waals surface area contributed by atoms with Gasteiger partial charge in [0.1, 0.15) is 0 Å². The normalized spacial score (nSPS) is 15.3. The van der Waals surface area contributed by atoms with Crippen LogP contribution in [0.3, 0.4) is 0 Å². The zero-order chi connectivity index (χ0) is 25.1.